The van der Waals surface area contributed by atoms with Crippen molar-refractivity contribution in [3.8, 4) is 5.75 Å². The van der Waals surface area contributed by atoms with Crippen molar-refractivity contribution in [1.82, 2.24) is 5.32 Å². The van der Waals surface area contributed by atoms with Gasteiger partial charge in [0.15, 0.2) is 5.78 Å². The van der Waals surface area contributed by atoms with Crippen LogP contribution in [0.5, 0.6) is 5.75 Å². The van der Waals surface area contributed by atoms with Crippen LogP contribution in [0.3, 0.4) is 0 Å². The first-order valence-electron chi connectivity index (χ1n) is 13.1. The fraction of sp³-hybridized carbons (Fsp3) is 0.419. The van der Waals surface area contributed by atoms with Crippen LogP contribution in [0.2, 0.25) is 0 Å². The second kappa shape index (κ2) is 9.96. The van der Waals surface area contributed by atoms with Gasteiger partial charge in [0.2, 0.25) is 0 Å². The molecular weight excluding hydrogens is 450 g/mol. The maximum atomic E-state index is 13.6. The summed E-state index contributed by atoms with van der Waals surface area (Å²) in [5.74, 6) is 0.0118. The zero-order valence-electron chi connectivity index (χ0n) is 21.4. The van der Waals surface area contributed by atoms with E-state index in [4.69, 9.17) is 9.47 Å². The quantitative estimate of drug-likeness (QED) is 0.486. The van der Waals surface area contributed by atoms with Gasteiger partial charge < -0.3 is 14.8 Å². The molecular formula is C31H35NO4. The number of esters is 1. The summed E-state index contributed by atoms with van der Waals surface area (Å²) in [7, 11) is 0. The highest BCUT2D eigenvalue weighted by Crippen LogP contribution is 2.48. The van der Waals surface area contributed by atoms with Gasteiger partial charge in [0.25, 0.3) is 0 Å². The standard InChI is InChI=1S/C31H35NO4/c1-4-35-30(34)28-26(20-14-16-23(17-15-20)36-22-12-8-9-13-22)27-24(18-31(2,3)19-25(27)33)32-29(28)21-10-6-5-7-11-21/h5-7,10-11,14-17,22,26,32H,4,8-9,12-13,18-19H2,1-3H3/t26-/m0/s1. The van der Waals surface area contributed by atoms with Crippen LogP contribution < -0.4 is 10.1 Å². The van der Waals surface area contributed by atoms with Crippen LogP contribution in [-0.4, -0.2) is 24.5 Å². The number of benzene rings is 2. The number of allylic oxidation sites excluding steroid dienone is 2. The Labute approximate surface area is 213 Å². The molecule has 0 unspecified atom stereocenters. The molecule has 5 rings (SSSR count). The summed E-state index contributed by atoms with van der Waals surface area (Å²) in [5.41, 5.74) is 4.42. The lowest BCUT2D eigenvalue weighted by atomic mass is 9.68. The van der Waals surface area contributed by atoms with Crippen molar-refractivity contribution in [3.63, 3.8) is 0 Å². The van der Waals surface area contributed by atoms with E-state index in [9.17, 15) is 9.59 Å². The maximum absolute atomic E-state index is 13.6. The Hall–Kier alpha value is -3.34. The average Bonchev–Trinajstić information content (AvgIpc) is 3.36. The maximum Gasteiger partial charge on any atom is 0.337 e. The summed E-state index contributed by atoms with van der Waals surface area (Å²) in [5, 5.41) is 3.52. The molecule has 1 fully saturated rings. The van der Waals surface area contributed by atoms with E-state index in [0.29, 0.717) is 17.6 Å². The molecule has 2 aromatic carbocycles. The topological polar surface area (TPSA) is 64.6 Å². The zero-order chi connectivity index (χ0) is 25.3. The Morgan fingerprint density at radius 2 is 1.69 bits per heavy atom. The first kappa shape index (κ1) is 24.4. The van der Waals surface area contributed by atoms with Crippen molar-refractivity contribution >= 4 is 17.4 Å². The summed E-state index contributed by atoms with van der Waals surface area (Å²) in [6.07, 6.45) is 6.06. The highest BCUT2D eigenvalue weighted by molar-refractivity contribution is 6.08. The highest BCUT2D eigenvalue weighted by Gasteiger charge is 2.44. The molecule has 0 aromatic heterocycles. The average molecular weight is 486 g/mol. The van der Waals surface area contributed by atoms with Gasteiger partial charge in [-0.15, -0.1) is 0 Å². The number of rotatable bonds is 6. The van der Waals surface area contributed by atoms with E-state index in [2.05, 4.69) is 19.2 Å². The van der Waals surface area contributed by atoms with Crippen LogP contribution in [0.15, 0.2) is 71.4 Å². The lowest BCUT2D eigenvalue weighted by Gasteiger charge is -2.40. The molecule has 0 amide bonds. The number of carbonyl (C=O) groups is 2. The largest absolute Gasteiger partial charge is 0.490 e. The van der Waals surface area contributed by atoms with Gasteiger partial charge in [-0.05, 0) is 67.7 Å². The van der Waals surface area contributed by atoms with Gasteiger partial charge >= 0.3 is 5.97 Å². The predicted molar refractivity (Wildman–Crippen MR) is 140 cm³/mol. The van der Waals surface area contributed by atoms with Gasteiger partial charge in [0.05, 0.1) is 24.0 Å². The van der Waals surface area contributed by atoms with E-state index in [1.165, 1.54) is 12.8 Å². The molecule has 0 bridgehead atoms. The summed E-state index contributed by atoms with van der Waals surface area (Å²) in [4.78, 5) is 27.1. The zero-order valence-corrected chi connectivity index (χ0v) is 21.4. The lowest BCUT2D eigenvalue weighted by Crippen LogP contribution is -2.38. The van der Waals surface area contributed by atoms with Crippen molar-refractivity contribution in [2.75, 3.05) is 6.61 Å². The monoisotopic (exact) mass is 485 g/mol. The van der Waals surface area contributed by atoms with Crippen LogP contribution in [0.4, 0.5) is 0 Å². The van der Waals surface area contributed by atoms with Crippen LogP contribution in [0.1, 0.15) is 76.3 Å². The van der Waals surface area contributed by atoms with Crippen LogP contribution in [-0.2, 0) is 14.3 Å². The molecule has 0 spiro atoms. The van der Waals surface area contributed by atoms with Crippen molar-refractivity contribution in [1.29, 1.82) is 0 Å². The van der Waals surface area contributed by atoms with Crippen LogP contribution >= 0.6 is 0 Å². The molecule has 1 N–H and O–H groups in total. The van der Waals surface area contributed by atoms with Crippen molar-refractivity contribution in [3.05, 3.63) is 82.6 Å². The van der Waals surface area contributed by atoms with Crippen molar-refractivity contribution in [2.45, 2.75) is 71.3 Å². The third-order valence-corrected chi connectivity index (χ3v) is 7.42. The minimum atomic E-state index is -0.500. The van der Waals surface area contributed by atoms with Gasteiger partial charge in [-0.3, -0.25) is 4.79 Å². The summed E-state index contributed by atoms with van der Waals surface area (Å²) in [6, 6.07) is 17.8. The summed E-state index contributed by atoms with van der Waals surface area (Å²) < 4.78 is 11.7. The molecule has 1 aliphatic heterocycles. The minimum Gasteiger partial charge on any atom is -0.490 e. The Balaban J connectivity index is 1.63. The molecule has 1 atom stereocenters. The second-order valence-electron chi connectivity index (χ2n) is 10.9. The van der Waals surface area contributed by atoms with E-state index in [1.54, 1.807) is 6.92 Å². The third kappa shape index (κ3) is 4.84. The molecule has 5 nitrogen and oxygen atoms in total. The Morgan fingerprint density at radius 1 is 1.00 bits per heavy atom. The van der Waals surface area contributed by atoms with E-state index in [-0.39, 0.29) is 23.9 Å². The molecule has 36 heavy (non-hydrogen) atoms. The highest BCUT2D eigenvalue weighted by atomic mass is 16.5. The second-order valence-corrected chi connectivity index (χ2v) is 10.9. The first-order chi connectivity index (χ1) is 17.4. The Bertz CT molecular complexity index is 1200. The third-order valence-electron chi connectivity index (χ3n) is 7.42. The number of hydrogen-bond acceptors (Lipinski definition) is 5. The molecule has 3 aliphatic rings. The fourth-order valence-corrected chi connectivity index (χ4v) is 5.82. The van der Waals surface area contributed by atoms with Gasteiger partial charge in [-0.1, -0.05) is 56.3 Å². The SMILES string of the molecule is CCOC(=O)C1=C(c2ccccc2)NC2=C(C(=O)CC(C)(C)C2)[C@@H]1c1ccc(OC2CCCC2)cc1. The molecule has 5 heteroatoms. The molecule has 188 valence electrons. The number of ether oxygens (including phenoxy) is 2. The van der Waals surface area contributed by atoms with E-state index < -0.39 is 11.9 Å². The van der Waals surface area contributed by atoms with Crippen LogP contribution in [0, 0.1) is 5.41 Å². The molecule has 2 aromatic rings. The number of ketones is 1. The Morgan fingerprint density at radius 3 is 2.36 bits per heavy atom. The van der Waals surface area contributed by atoms with E-state index in [1.807, 2.05) is 54.6 Å². The van der Waals surface area contributed by atoms with Crippen molar-refractivity contribution in [2.24, 2.45) is 5.41 Å². The van der Waals surface area contributed by atoms with Gasteiger partial charge in [0.1, 0.15) is 5.75 Å². The minimum absolute atomic E-state index is 0.0824. The predicted octanol–water partition coefficient (Wildman–Crippen LogP) is 6.31. The first-order valence-corrected chi connectivity index (χ1v) is 13.1. The number of hydrogen-bond donors (Lipinski definition) is 1. The summed E-state index contributed by atoms with van der Waals surface area (Å²) in [6.45, 7) is 6.30. The van der Waals surface area contributed by atoms with Gasteiger partial charge in [0, 0.05) is 23.6 Å². The van der Waals surface area contributed by atoms with Crippen molar-refractivity contribution < 1.29 is 19.1 Å². The Kier molecular flexibility index (Phi) is 6.74. The normalized spacial score (nSPS) is 21.8. The van der Waals surface area contributed by atoms with E-state index in [0.717, 1.165) is 47.5 Å². The molecule has 0 radical (unpaired) electrons. The number of carbonyl (C=O) groups excluding carboxylic acids is 2. The molecule has 0 saturated heterocycles. The van der Waals surface area contributed by atoms with Gasteiger partial charge in [-0.25, -0.2) is 4.79 Å². The smallest absolute Gasteiger partial charge is 0.337 e. The fourth-order valence-electron chi connectivity index (χ4n) is 5.82. The number of dihydropyridines is 1. The molecule has 1 heterocycles. The van der Waals surface area contributed by atoms with Gasteiger partial charge in [-0.2, -0.15) is 0 Å². The molecule has 2 aliphatic carbocycles. The number of nitrogens with one attached hydrogen (secondary N) is 1. The molecule has 1 saturated carbocycles. The van der Waals surface area contributed by atoms with E-state index >= 15 is 0 Å². The van der Waals surface area contributed by atoms with Crippen LogP contribution in [0.25, 0.3) is 5.70 Å². The lowest BCUT2D eigenvalue weighted by molar-refractivity contribution is -0.138. The number of Topliss-reactive ketones (excluding diaryl/α,β-unsaturated/α-hetero) is 1. The summed E-state index contributed by atoms with van der Waals surface area (Å²) >= 11 is 0.